The molecule has 0 saturated carbocycles. The van der Waals surface area contributed by atoms with E-state index in [9.17, 15) is 13.6 Å². The van der Waals surface area contributed by atoms with Crippen molar-refractivity contribution in [3.8, 4) is 0 Å². The third-order valence-corrected chi connectivity index (χ3v) is 2.48. The highest BCUT2D eigenvalue weighted by Crippen LogP contribution is 2.24. The molecule has 1 aromatic carbocycles. The lowest BCUT2D eigenvalue weighted by atomic mass is 10.1. The van der Waals surface area contributed by atoms with Crippen molar-refractivity contribution in [2.75, 3.05) is 18.0 Å². The van der Waals surface area contributed by atoms with Crippen LogP contribution in [0.4, 0.5) is 14.5 Å². The molecule has 5 heteroatoms. The zero-order valence-corrected chi connectivity index (χ0v) is 10.3. The number of carbonyl (C=O) groups is 1. The van der Waals surface area contributed by atoms with E-state index in [0.29, 0.717) is 13.1 Å². The topological polar surface area (TPSA) is 40.5 Å². The third-order valence-electron chi connectivity index (χ3n) is 2.48. The molecule has 0 radical (unpaired) electrons. The van der Waals surface area contributed by atoms with Gasteiger partial charge in [0.1, 0.15) is 0 Å². The van der Waals surface area contributed by atoms with E-state index in [4.69, 9.17) is 5.11 Å². The van der Waals surface area contributed by atoms with E-state index in [1.165, 1.54) is 6.07 Å². The summed E-state index contributed by atoms with van der Waals surface area (Å²) < 4.78 is 27.3. The second-order valence-corrected chi connectivity index (χ2v) is 4.04. The number of benzene rings is 1. The fraction of sp³-hybridized carbons (Fsp3) is 0.308. The van der Waals surface area contributed by atoms with Crippen molar-refractivity contribution in [1.29, 1.82) is 0 Å². The van der Waals surface area contributed by atoms with Crippen LogP contribution in [0, 0.1) is 11.6 Å². The first-order valence-corrected chi connectivity index (χ1v) is 5.49. The first-order valence-electron chi connectivity index (χ1n) is 5.49. The van der Waals surface area contributed by atoms with Gasteiger partial charge in [0.2, 0.25) is 0 Å². The highest BCUT2D eigenvalue weighted by atomic mass is 19.2. The van der Waals surface area contributed by atoms with Gasteiger partial charge in [0.25, 0.3) is 0 Å². The molecule has 0 aliphatic carbocycles. The Hall–Kier alpha value is -1.91. The van der Waals surface area contributed by atoms with E-state index in [1.807, 2.05) is 0 Å². The van der Waals surface area contributed by atoms with E-state index in [2.05, 4.69) is 6.58 Å². The average Bonchev–Trinajstić information content (AvgIpc) is 2.29. The number of halogens is 2. The van der Waals surface area contributed by atoms with E-state index >= 15 is 0 Å². The summed E-state index contributed by atoms with van der Waals surface area (Å²) in [4.78, 5) is 12.3. The number of anilines is 1. The molecule has 3 nitrogen and oxygen atoms in total. The van der Waals surface area contributed by atoms with Crippen molar-refractivity contribution in [1.82, 2.24) is 0 Å². The van der Waals surface area contributed by atoms with Crippen molar-refractivity contribution in [2.24, 2.45) is 0 Å². The number of rotatable bonds is 5. The maximum Gasteiger partial charge on any atom is 0.338 e. The average molecular weight is 255 g/mol. The summed E-state index contributed by atoms with van der Waals surface area (Å²) in [6.07, 6.45) is 0. The van der Waals surface area contributed by atoms with Crippen LogP contribution in [0.2, 0.25) is 0 Å². The minimum absolute atomic E-state index is 0.0444. The second-order valence-electron chi connectivity index (χ2n) is 4.04. The van der Waals surface area contributed by atoms with Crippen LogP contribution in [0.25, 0.3) is 0 Å². The number of aromatic carboxylic acids is 1. The molecule has 0 aliphatic rings. The van der Waals surface area contributed by atoms with Crippen LogP contribution < -0.4 is 4.90 Å². The molecule has 0 aromatic heterocycles. The Labute approximate surface area is 104 Å². The van der Waals surface area contributed by atoms with Crippen LogP contribution in [0.15, 0.2) is 24.3 Å². The highest BCUT2D eigenvalue weighted by Gasteiger charge is 2.20. The summed E-state index contributed by atoms with van der Waals surface area (Å²) in [5.41, 5.74) is 0.185. The summed E-state index contributed by atoms with van der Waals surface area (Å²) in [5.74, 6) is -3.96. The van der Waals surface area contributed by atoms with Gasteiger partial charge in [-0.25, -0.2) is 13.6 Å². The van der Waals surface area contributed by atoms with E-state index in [0.717, 1.165) is 11.6 Å². The van der Waals surface area contributed by atoms with Crippen molar-refractivity contribution < 1.29 is 18.7 Å². The van der Waals surface area contributed by atoms with E-state index < -0.39 is 23.2 Å². The first kappa shape index (κ1) is 14.2. The summed E-state index contributed by atoms with van der Waals surface area (Å²) in [6, 6.07) is 2.34. The molecule has 0 fully saturated rings. The predicted molar refractivity (Wildman–Crippen MR) is 66.0 cm³/mol. The lowest BCUT2D eigenvalue weighted by molar-refractivity contribution is 0.0690. The van der Waals surface area contributed by atoms with Gasteiger partial charge in [-0.3, -0.25) is 0 Å². The van der Waals surface area contributed by atoms with Crippen molar-refractivity contribution >= 4 is 11.7 Å². The molecule has 0 bridgehead atoms. The Morgan fingerprint density at radius 1 is 1.39 bits per heavy atom. The summed E-state index contributed by atoms with van der Waals surface area (Å²) in [6.45, 7) is 8.15. The Morgan fingerprint density at radius 3 is 2.44 bits per heavy atom. The molecule has 1 N–H and O–H groups in total. The van der Waals surface area contributed by atoms with Crippen LogP contribution in [-0.2, 0) is 0 Å². The number of likely N-dealkylation sites (N-methyl/N-ethyl adjacent to an activating group) is 1. The predicted octanol–water partition coefficient (Wildman–Crippen LogP) is 3.07. The number of carboxylic acids is 1. The Kier molecular flexibility index (Phi) is 4.42. The molecule has 0 saturated heterocycles. The highest BCUT2D eigenvalue weighted by molar-refractivity contribution is 5.88. The molecule has 98 valence electrons. The normalized spacial score (nSPS) is 10.2. The van der Waals surface area contributed by atoms with E-state index in [1.54, 1.807) is 18.7 Å². The molecular formula is C13H15F2NO2. The molecular weight excluding hydrogens is 240 g/mol. The van der Waals surface area contributed by atoms with Crippen molar-refractivity contribution in [3.63, 3.8) is 0 Å². The Balaban J connectivity index is 3.21. The smallest absolute Gasteiger partial charge is 0.338 e. The molecule has 0 amide bonds. The van der Waals surface area contributed by atoms with Gasteiger partial charge in [0.05, 0.1) is 11.3 Å². The van der Waals surface area contributed by atoms with Crippen LogP contribution in [0.5, 0.6) is 0 Å². The number of nitrogens with zero attached hydrogens (tertiary/aromatic N) is 1. The van der Waals surface area contributed by atoms with Crippen LogP contribution >= 0.6 is 0 Å². The van der Waals surface area contributed by atoms with Gasteiger partial charge in [0.15, 0.2) is 11.6 Å². The van der Waals surface area contributed by atoms with Crippen LogP contribution in [-0.4, -0.2) is 24.2 Å². The summed E-state index contributed by atoms with van der Waals surface area (Å²) >= 11 is 0. The minimum atomic E-state index is -1.49. The van der Waals surface area contributed by atoms with Crippen molar-refractivity contribution in [3.05, 3.63) is 41.5 Å². The zero-order valence-electron chi connectivity index (χ0n) is 10.3. The quantitative estimate of drug-likeness (QED) is 0.822. The molecule has 0 heterocycles. The molecule has 1 aromatic rings. The molecule has 0 aliphatic heterocycles. The van der Waals surface area contributed by atoms with Crippen LogP contribution in [0.1, 0.15) is 24.2 Å². The monoisotopic (exact) mass is 255 g/mol. The summed E-state index contributed by atoms with van der Waals surface area (Å²) in [7, 11) is 0. The number of carboxylic acid groups (broad SMARTS) is 1. The SMILES string of the molecule is C=C(C)CN(CC)c1ccc(C(=O)O)c(F)c1F. The summed E-state index contributed by atoms with van der Waals surface area (Å²) in [5, 5.41) is 8.69. The van der Waals surface area contributed by atoms with Crippen molar-refractivity contribution in [2.45, 2.75) is 13.8 Å². The maximum absolute atomic E-state index is 13.8. The molecule has 0 spiro atoms. The van der Waals surface area contributed by atoms with Gasteiger partial charge >= 0.3 is 5.97 Å². The second kappa shape index (κ2) is 5.62. The lowest BCUT2D eigenvalue weighted by Crippen LogP contribution is -2.26. The van der Waals surface area contributed by atoms with Gasteiger partial charge in [0, 0.05) is 13.1 Å². The van der Waals surface area contributed by atoms with E-state index in [-0.39, 0.29) is 5.69 Å². The third kappa shape index (κ3) is 2.85. The van der Waals surface area contributed by atoms with Gasteiger partial charge in [-0.2, -0.15) is 0 Å². The lowest BCUT2D eigenvalue weighted by Gasteiger charge is -2.24. The number of hydrogen-bond donors (Lipinski definition) is 1. The Bertz CT molecular complexity index is 486. The number of hydrogen-bond acceptors (Lipinski definition) is 2. The van der Waals surface area contributed by atoms with Crippen LogP contribution in [0.3, 0.4) is 0 Å². The maximum atomic E-state index is 13.8. The van der Waals surface area contributed by atoms with Gasteiger partial charge in [-0.05, 0) is 26.0 Å². The first-order chi connectivity index (χ1) is 8.38. The van der Waals surface area contributed by atoms with Gasteiger partial charge in [-0.15, -0.1) is 0 Å². The van der Waals surface area contributed by atoms with Gasteiger partial charge < -0.3 is 10.0 Å². The molecule has 0 unspecified atom stereocenters. The fourth-order valence-corrected chi connectivity index (χ4v) is 1.64. The minimum Gasteiger partial charge on any atom is -0.478 e. The standard InChI is InChI=1S/C13H15F2NO2/c1-4-16(7-8(2)3)10-6-5-9(13(17)18)11(14)12(10)15/h5-6H,2,4,7H2,1,3H3,(H,17,18). The Morgan fingerprint density at radius 2 is 2.00 bits per heavy atom. The fourth-order valence-electron chi connectivity index (χ4n) is 1.64. The zero-order chi connectivity index (χ0) is 13.9. The molecule has 18 heavy (non-hydrogen) atoms. The van der Waals surface area contributed by atoms with Gasteiger partial charge in [-0.1, -0.05) is 12.2 Å². The largest absolute Gasteiger partial charge is 0.478 e. The molecule has 0 atom stereocenters. The molecule has 1 rings (SSSR count).